The van der Waals surface area contributed by atoms with Crippen LogP contribution >= 0.6 is 11.3 Å². The van der Waals surface area contributed by atoms with Gasteiger partial charge in [0.1, 0.15) is 18.0 Å². The average Bonchev–Trinajstić information content (AvgIpc) is 3.24. The summed E-state index contributed by atoms with van der Waals surface area (Å²) >= 11 is 1.62. The molecule has 1 aromatic carbocycles. The minimum atomic E-state index is 0.527. The zero-order chi connectivity index (χ0) is 14.8. The van der Waals surface area contributed by atoms with Gasteiger partial charge in [-0.1, -0.05) is 18.2 Å². The summed E-state index contributed by atoms with van der Waals surface area (Å²) in [6.07, 6.45) is 1.56. The zero-order valence-corrected chi connectivity index (χ0v) is 12.3. The monoisotopic (exact) mass is 308 g/mol. The van der Waals surface area contributed by atoms with Gasteiger partial charge < -0.3 is 5.32 Å². The van der Waals surface area contributed by atoms with Crippen molar-refractivity contribution in [1.82, 2.24) is 25.1 Å². The van der Waals surface area contributed by atoms with Crippen LogP contribution in [0.1, 0.15) is 5.82 Å². The number of anilines is 1. The number of para-hydroxylation sites is 1. The lowest BCUT2D eigenvalue weighted by Crippen LogP contribution is -2.04. The summed E-state index contributed by atoms with van der Waals surface area (Å²) in [6.45, 7) is 0.527. The van der Waals surface area contributed by atoms with Gasteiger partial charge >= 0.3 is 0 Å². The quantitative estimate of drug-likeness (QED) is 0.605. The second kappa shape index (κ2) is 5.53. The van der Waals surface area contributed by atoms with Crippen molar-refractivity contribution in [2.45, 2.75) is 6.54 Å². The lowest BCUT2D eigenvalue weighted by atomic mass is 10.2. The highest BCUT2D eigenvalue weighted by molar-refractivity contribution is 7.13. The van der Waals surface area contributed by atoms with Gasteiger partial charge in [0.05, 0.1) is 16.9 Å². The number of hydrogen-bond donors (Lipinski definition) is 2. The van der Waals surface area contributed by atoms with E-state index in [4.69, 9.17) is 0 Å². The second-order valence-corrected chi connectivity index (χ2v) is 5.62. The normalized spacial score (nSPS) is 10.9. The molecule has 0 unspecified atom stereocenters. The third-order valence-electron chi connectivity index (χ3n) is 3.24. The van der Waals surface area contributed by atoms with E-state index in [1.54, 1.807) is 17.7 Å². The molecule has 0 fully saturated rings. The van der Waals surface area contributed by atoms with Crippen molar-refractivity contribution in [1.29, 1.82) is 0 Å². The van der Waals surface area contributed by atoms with Crippen molar-refractivity contribution in [2.24, 2.45) is 0 Å². The number of aromatic amines is 1. The van der Waals surface area contributed by atoms with E-state index in [2.05, 4.69) is 30.5 Å². The Balaban J connectivity index is 1.55. The molecule has 0 aliphatic rings. The van der Waals surface area contributed by atoms with Crippen molar-refractivity contribution in [2.75, 3.05) is 5.32 Å². The summed E-state index contributed by atoms with van der Waals surface area (Å²) < 4.78 is 0. The molecule has 0 radical (unpaired) electrons. The van der Waals surface area contributed by atoms with Gasteiger partial charge in [-0.15, -0.1) is 11.3 Å². The van der Waals surface area contributed by atoms with Crippen molar-refractivity contribution in [3.8, 4) is 10.7 Å². The molecule has 3 heterocycles. The lowest BCUT2D eigenvalue weighted by molar-refractivity contribution is 0.948. The van der Waals surface area contributed by atoms with Crippen LogP contribution in [0.25, 0.3) is 21.6 Å². The van der Waals surface area contributed by atoms with Gasteiger partial charge in [0.15, 0.2) is 5.82 Å². The highest BCUT2D eigenvalue weighted by atomic mass is 32.1. The Bertz CT molecular complexity index is 894. The first-order valence-corrected chi connectivity index (χ1v) is 7.67. The van der Waals surface area contributed by atoms with Crippen molar-refractivity contribution >= 4 is 28.1 Å². The Morgan fingerprint density at radius 1 is 1.09 bits per heavy atom. The van der Waals surface area contributed by atoms with E-state index in [0.29, 0.717) is 6.54 Å². The standard InChI is InChI=1S/C15H12N6S/c1-2-5-11-10(4-1)14(18-9-17-11)16-8-13-19-15(21-20-13)12-6-3-7-22-12/h1-7,9H,8H2,(H,16,17,18)(H,19,20,21). The van der Waals surface area contributed by atoms with E-state index in [-0.39, 0.29) is 0 Å². The predicted molar refractivity (Wildman–Crippen MR) is 86.6 cm³/mol. The van der Waals surface area contributed by atoms with E-state index < -0.39 is 0 Å². The molecule has 0 atom stereocenters. The zero-order valence-electron chi connectivity index (χ0n) is 11.5. The Hall–Kier alpha value is -2.80. The van der Waals surface area contributed by atoms with Crippen LogP contribution in [0.5, 0.6) is 0 Å². The molecular formula is C15H12N6S. The molecule has 0 aliphatic carbocycles. The van der Waals surface area contributed by atoms with Crippen molar-refractivity contribution in [3.63, 3.8) is 0 Å². The molecule has 0 bridgehead atoms. The summed E-state index contributed by atoms with van der Waals surface area (Å²) in [5.41, 5.74) is 0.914. The van der Waals surface area contributed by atoms with Crippen LogP contribution in [0, 0.1) is 0 Å². The number of thiophene rings is 1. The molecule has 7 heteroatoms. The van der Waals surface area contributed by atoms with Crippen molar-refractivity contribution < 1.29 is 0 Å². The number of H-pyrrole nitrogens is 1. The predicted octanol–water partition coefficient (Wildman–Crippen LogP) is 3.09. The molecule has 0 saturated carbocycles. The molecule has 22 heavy (non-hydrogen) atoms. The Morgan fingerprint density at radius 2 is 2.05 bits per heavy atom. The molecule has 0 amide bonds. The largest absolute Gasteiger partial charge is 0.362 e. The fourth-order valence-corrected chi connectivity index (χ4v) is 2.86. The first-order valence-electron chi connectivity index (χ1n) is 6.79. The minimum Gasteiger partial charge on any atom is -0.362 e. The van der Waals surface area contributed by atoms with E-state index >= 15 is 0 Å². The fraction of sp³-hybridized carbons (Fsp3) is 0.0667. The van der Waals surface area contributed by atoms with Crippen LogP contribution in [-0.4, -0.2) is 25.1 Å². The molecular weight excluding hydrogens is 296 g/mol. The smallest absolute Gasteiger partial charge is 0.191 e. The number of aromatic nitrogens is 5. The summed E-state index contributed by atoms with van der Waals surface area (Å²) in [5, 5.41) is 13.5. The Labute approximate surface area is 130 Å². The lowest BCUT2D eigenvalue weighted by Gasteiger charge is -2.06. The van der Waals surface area contributed by atoms with Crippen LogP contribution in [-0.2, 0) is 6.54 Å². The van der Waals surface area contributed by atoms with E-state index in [1.165, 1.54) is 0 Å². The van der Waals surface area contributed by atoms with Crippen LogP contribution in [0.4, 0.5) is 5.82 Å². The topological polar surface area (TPSA) is 79.4 Å². The molecule has 0 saturated heterocycles. The van der Waals surface area contributed by atoms with Crippen LogP contribution in [0.3, 0.4) is 0 Å². The number of nitrogens with one attached hydrogen (secondary N) is 2. The molecule has 0 aliphatic heterocycles. The summed E-state index contributed by atoms with van der Waals surface area (Å²) in [6, 6.07) is 11.9. The maximum atomic E-state index is 4.49. The third kappa shape index (κ3) is 2.42. The van der Waals surface area contributed by atoms with Gasteiger partial charge in [-0.05, 0) is 23.6 Å². The summed E-state index contributed by atoms with van der Waals surface area (Å²) in [7, 11) is 0. The number of fused-ring (bicyclic) bond motifs is 1. The molecule has 0 spiro atoms. The number of benzene rings is 1. The van der Waals surface area contributed by atoms with E-state index in [9.17, 15) is 0 Å². The maximum absolute atomic E-state index is 4.49. The van der Waals surface area contributed by atoms with E-state index in [0.717, 1.165) is 33.2 Å². The average molecular weight is 308 g/mol. The number of rotatable bonds is 4. The third-order valence-corrected chi connectivity index (χ3v) is 4.11. The highest BCUT2D eigenvalue weighted by Gasteiger charge is 2.08. The van der Waals surface area contributed by atoms with Gasteiger partial charge in [0.2, 0.25) is 0 Å². The summed E-state index contributed by atoms with van der Waals surface area (Å²) in [4.78, 5) is 14.1. The van der Waals surface area contributed by atoms with Crippen molar-refractivity contribution in [3.05, 3.63) is 53.9 Å². The SMILES string of the molecule is c1csc(-c2n[nH]c(CNc3ncnc4ccccc34)n2)c1. The maximum Gasteiger partial charge on any atom is 0.191 e. The number of hydrogen-bond acceptors (Lipinski definition) is 6. The van der Waals surface area contributed by atoms with Crippen LogP contribution < -0.4 is 5.32 Å². The molecule has 2 N–H and O–H groups in total. The van der Waals surface area contributed by atoms with Gasteiger partial charge in [0, 0.05) is 5.39 Å². The van der Waals surface area contributed by atoms with Crippen LogP contribution in [0.2, 0.25) is 0 Å². The molecule has 6 nitrogen and oxygen atoms in total. The van der Waals surface area contributed by atoms with Gasteiger partial charge in [-0.25, -0.2) is 15.0 Å². The van der Waals surface area contributed by atoms with E-state index in [1.807, 2.05) is 41.8 Å². The van der Waals surface area contributed by atoms with Gasteiger partial charge in [-0.2, -0.15) is 5.10 Å². The summed E-state index contributed by atoms with van der Waals surface area (Å²) in [5.74, 6) is 2.28. The Morgan fingerprint density at radius 3 is 2.95 bits per heavy atom. The molecule has 4 aromatic rings. The molecule has 108 valence electrons. The highest BCUT2D eigenvalue weighted by Crippen LogP contribution is 2.21. The van der Waals surface area contributed by atoms with Gasteiger partial charge in [-0.3, -0.25) is 5.10 Å². The van der Waals surface area contributed by atoms with Crippen LogP contribution in [0.15, 0.2) is 48.1 Å². The number of nitrogens with zero attached hydrogens (tertiary/aromatic N) is 4. The molecule has 3 aromatic heterocycles. The molecule has 4 rings (SSSR count). The first-order chi connectivity index (χ1) is 10.9. The second-order valence-electron chi connectivity index (χ2n) is 4.68. The fourth-order valence-electron chi connectivity index (χ4n) is 2.20. The first kappa shape index (κ1) is 12.9. The minimum absolute atomic E-state index is 0.527. The Kier molecular flexibility index (Phi) is 3.24. The van der Waals surface area contributed by atoms with Gasteiger partial charge in [0.25, 0.3) is 0 Å².